The van der Waals surface area contributed by atoms with Crippen molar-refractivity contribution in [2.24, 2.45) is 5.92 Å². The molecule has 0 unspecified atom stereocenters. The van der Waals surface area contributed by atoms with E-state index in [2.05, 4.69) is 5.32 Å². The summed E-state index contributed by atoms with van der Waals surface area (Å²) in [5.41, 5.74) is 3.09. The molecule has 2 aliphatic rings. The summed E-state index contributed by atoms with van der Waals surface area (Å²) in [6.07, 6.45) is 2.19. The van der Waals surface area contributed by atoms with Gasteiger partial charge >= 0.3 is 6.03 Å². The van der Waals surface area contributed by atoms with E-state index in [-0.39, 0.29) is 17.9 Å². The summed E-state index contributed by atoms with van der Waals surface area (Å²) in [4.78, 5) is 29.4. The lowest BCUT2D eigenvalue weighted by Gasteiger charge is -2.36. The molecule has 0 aromatic heterocycles. The topological polar surface area (TPSA) is 71.1 Å². The van der Waals surface area contributed by atoms with E-state index >= 15 is 0 Å². The quantitative estimate of drug-likeness (QED) is 0.817. The van der Waals surface area contributed by atoms with E-state index in [0.29, 0.717) is 44.8 Å². The standard InChI is InChI=1S/C24H29N3O4/c1-30-21-14-18-10-13-27(16-19(18)15-22(21)31-2)23(28)17-8-11-26(12-9-17)24(29)25-20-6-4-3-5-7-20/h3-7,14-15,17H,8-13,16H2,1-2H3,(H,25,29). The fraction of sp³-hybridized carbons (Fsp3) is 0.417. The number of ether oxygens (including phenoxy) is 2. The predicted molar refractivity (Wildman–Crippen MR) is 118 cm³/mol. The Morgan fingerprint density at radius 3 is 2.19 bits per heavy atom. The van der Waals surface area contributed by atoms with Crippen molar-refractivity contribution < 1.29 is 19.1 Å². The van der Waals surface area contributed by atoms with Gasteiger partial charge in [0.25, 0.3) is 0 Å². The Kier molecular flexibility index (Phi) is 6.30. The van der Waals surface area contributed by atoms with Crippen LogP contribution in [0.3, 0.4) is 0 Å². The molecule has 7 heteroatoms. The Balaban J connectivity index is 1.33. The van der Waals surface area contributed by atoms with Gasteiger partial charge in [0, 0.05) is 37.8 Å². The van der Waals surface area contributed by atoms with E-state index < -0.39 is 0 Å². The van der Waals surface area contributed by atoms with E-state index in [1.807, 2.05) is 47.4 Å². The van der Waals surface area contributed by atoms with Crippen LogP contribution in [0.2, 0.25) is 0 Å². The van der Waals surface area contributed by atoms with Crippen LogP contribution < -0.4 is 14.8 Å². The minimum atomic E-state index is -0.106. The number of piperidine rings is 1. The molecule has 4 rings (SSSR count). The Morgan fingerprint density at radius 2 is 1.55 bits per heavy atom. The van der Waals surface area contributed by atoms with Crippen LogP contribution >= 0.6 is 0 Å². The lowest BCUT2D eigenvalue weighted by atomic mass is 9.93. The van der Waals surface area contributed by atoms with Crippen molar-refractivity contribution in [3.63, 3.8) is 0 Å². The molecule has 2 aromatic rings. The smallest absolute Gasteiger partial charge is 0.321 e. The maximum atomic E-state index is 13.2. The Bertz CT molecular complexity index is 939. The van der Waals surface area contributed by atoms with Gasteiger partial charge in [0.2, 0.25) is 5.91 Å². The zero-order valence-electron chi connectivity index (χ0n) is 18.1. The number of anilines is 1. The number of fused-ring (bicyclic) bond motifs is 1. The molecule has 31 heavy (non-hydrogen) atoms. The van der Waals surface area contributed by atoms with Gasteiger partial charge in [0.15, 0.2) is 11.5 Å². The van der Waals surface area contributed by atoms with Crippen LogP contribution in [0.15, 0.2) is 42.5 Å². The maximum Gasteiger partial charge on any atom is 0.321 e. The van der Waals surface area contributed by atoms with Crippen LogP contribution in [0.4, 0.5) is 10.5 Å². The third-order valence-corrected chi connectivity index (χ3v) is 6.19. The molecule has 3 amide bonds. The zero-order chi connectivity index (χ0) is 21.8. The highest BCUT2D eigenvalue weighted by atomic mass is 16.5. The van der Waals surface area contributed by atoms with Gasteiger partial charge in [0.05, 0.1) is 14.2 Å². The molecule has 7 nitrogen and oxygen atoms in total. The highest BCUT2D eigenvalue weighted by Crippen LogP contribution is 2.34. The molecular weight excluding hydrogens is 394 g/mol. The van der Waals surface area contributed by atoms with Gasteiger partial charge in [0.1, 0.15) is 0 Å². The first-order chi connectivity index (χ1) is 15.1. The lowest BCUT2D eigenvalue weighted by molar-refractivity contribution is -0.137. The number of carbonyl (C=O) groups is 2. The normalized spacial score (nSPS) is 16.5. The van der Waals surface area contributed by atoms with Gasteiger partial charge in [-0.1, -0.05) is 18.2 Å². The first-order valence-corrected chi connectivity index (χ1v) is 10.7. The highest BCUT2D eigenvalue weighted by Gasteiger charge is 2.32. The maximum absolute atomic E-state index is 13.2. The van der Waals surface area contributed by atoms with Crippen LogP contribution in [0.1, 0.15) is 24.0 Å². The summed E-state index contributed by atoms with van der Waals surface area (Å²) >= 11 is 0. The molecule has 0 radical (unpaired) electrons. The average molecular weight is 424 g/mol. The molecule has 0 bridgehead atoms. The first-order valence-electron chi connectivity index (χ1n) is 10.7. The van der Waals surface area contributed by atoms with E-state index in [1.54, 1.807) is 19.1 Å². The average Bonchev–Trinajstić information content (AvgIpc) is 2.83. The second kappa shape index (κ2) is 9.29. The molecule has 0 atom stereocenters. The molecule has 164 valence electrons. The van der Waals surface area contributed by atoms with Crippen molar-refractivity contribution in [2.75, 3.05) is 39.2 Å². The number of nitrogens with one attached hydrogen (secondary N) is 1. The summed E-state index contributed by atoms with van der Waals surface area (Å²) in [5.74, 6) is 1.56. The van der Waals surface area contributed by atoms with E-state index in [9.17, 15) is 9.59 Å². The number of nitrogens with zero attached hydrogens (tertiary/aromatic N) is 2. The van der Waals surface area contributed by atoms with Crippen molar-refractivity contribution >= 4 is 17.6 Å². The molecule has 2 aromatic carbocycles. The second-order valence-corrected chi connectivity index (χ2v) is 8.04. The monoisotopic (exact) mass is 423 g/mol. The highest BCUT2D eigenvalue weighted by molar-refractivity contribution is 5.89. The zero-order valence-corrected chi connectivity index (χ0v) is 18.1. The predicted octanol–water partition coefficient (Wildman–Crippen LogP) is 3.53. The summed E-state index contributed by atoms with van der Waals surface area (Å²) in [5, 5.41) is 2.92. The van der Waals surface area contributed by atoms with Gasteiger partial charge in [-0.25, -0.2) is 4.79 Å². The number of methoxy groups -OCH3 is 2. The number of amides is 3. The van der Waals surface area contributed by atoms with E-state index in [0.717, 1.165) is 23.4 Å². The molecule has 0 spiro atoms. The van der Waals surface area contributed by atoms with Gasteiger partial charge in [-0.15, -0.1) is 0 Å². The molecule has 0 saturated carbocycles. The first kappa shape index (κ1) is 21.0. The SMILES string of the molecule is COc1cc2c(cc1OC)CN(C(=O)C1CCN(C(=O)Nc3ccccc3)CC1)CC2. The molecular formula is C24H29N3O4. The van der Waals surface area contributed by atoms with Crippen molar-refractivity contribution in [2.45, 2.75) is 25.8 Å². The third-order valence-electron chi connectivity index (χ3n) is 6.19. The summed E-state index contributed by atoms with van der Waals surface area (Å²) < 4.78 is 10.8. The number of benzene rings is 2. The molecule has 1 saturated heterocycles. The molecule has 0 aliphatic carbocycles. The van der Waals surface area contributed by atoms with Gasteiger partial charge in [-0.2, -0.15) is 0 Å². The van der Waals surface area contributed by atoms with Crippen LogP contribution in [-0.2, 0) is 17.8 Å². The fourth-order valence-electron chi connectivity index (χ4n) is 4.38. The van der Waals surface area contributed by atoms with Gasteiger partial charge in [-0.3, -0.25) is 4.79 Å². The number of carbonyl (C=O) groups excluding carboxylic acids is 2. The molecule has 2 aliphatic heterocycles. The lowest BCUT2D eigenvalue weighted by Crippen LogP contribution is -2.46. The molecule has 2 heterocycles. The fourth-order valence-corrected chi connectivity index (χ4v) is 4.38. The molecule has 1 N–H and O–H groups in total. The van der Waals surface area contributed by atoms with Crippen molar-refractivity contribution in [3.8, 4) is 11.5 Å². The number of hydrogen-bond acceptors (Lipinski definition) is 4. The minimum absolute atomic E-state index is 0.0394. The van der Waals surface area contributed by atoms with Crippen molar-refractivity contribution in [1.82, 2.24) is 9.80 Å². The second-order valence-electron chi connectivity index (χ2n) is 8.04. The molecule has 1 fully saturated rings. The summed E-state index contributed by atoms with van der Waals surface area (Å²) in [6, 6.07) is 13.3. The van der Waals surface area contributed by atoms with E-state index in [1.165, 1.54) is 5.56 Å². The van der Waals surface area contributed by atoms with E-state index in [4.69, 9.17) is 9.47 Å². The van der Waals surface area contributed by atoms with Crippen LogP contribution in [0, 0.1) is 5.92 Å². The third kappa shape index (κ3) is 4.60. The number of urea groups is 1. The van der Waals surface area contributed by atoms with Crippen molar-refractivity contribution in [3.05, 3.63) is 53.6 Å². The number of likely N-dealkylation sites (tertiary alicyclic amines) is 1. The Hall–Kier alpha value is -3.22. The Labute approximate surface area is 182 Å². The number of rotatable bonds is 4. The van der Waals surface area contributed by atoms with Gasteiger partial charge in [-0.05, 0) is 54.7 Å². The van der Waals surface area contributed by atoms with Crippen molar-refractivity contribution in [1.29, 1.82) is 0 Å². The van der Waals surface area contributed by atoms with Crippen LogP contribution in [0.5, 0.6) is 11.5 Å². The van der Waals surface area contributed by atoms with Gasteiger partial charge < -0.3 is 24.6 Å². The number of hydrogen-bond donors (Lipinski definition) is 1. The van der Waals surface area contributed by atoms with Crippen LogP contribution in [0.25, 0.3) is 0 Å². The largest absolute Gasteiger partial charge is 0.493 e. The number of para-hydroxylation sites is 1. The van der Waals surface area contributed by atoms with Crippen LogP contribution in [-0.4, -0.2) is 55.6 Å². The Morgan fingerprint density at radius 1 is 0.903 bits per heavy atom. The summed E-state index contributed by atoms with van der Waals surface area (Å²) in [6.45, 7) is 2.47. The summed E-state index contributed by atoms with van der Waals surface area (Å²) in [7, 11) is 3.26. The minimum Gasteiger partial charge on any atom is -0.493 e.